The summed E-state index contributed by atoms with van der Waals surface area (Å²) in [5.41, 5.74) is 1.59. The van der Waals surface area contributed by atoms with Gasteiger partial charge in [-0.25, -0.2) is 4.79 Å². The number of rotatable bonds is 21. The van der Waals surface area contributed by atoms with E-state index >= 15 is 0 Å². The van der Waals surface area contributed by atoms with Gasteiger partial charge in [0.2, 0.25) is 0 Å². The summed E-state index contributed by atoms with van der Waals surface area (Å²) in [5.74, 6) is 0.558. The van der Waals surface area contributed by atoms with Crippen LogP contribution in [0.15, 0.2) is 53.5 Å². The van der Waals surface area contributed by atoms with Gasteiger partial charge in [0.15, 0.2) is 0 Å². The number of carbonyl (C=O) groups excluding carboxylic acids is 2. The van der Waals surface area contributed by atoms with Gasteiger partial charge in [-0.2, -0.15) is 0 Å². The van der Waals surface area contributed by atoms with E-state index in [4.69, 9.17) is 14.2 Å². The Morgan fingerprint density at radius 2 is 1.07 bits per heavy atom. The number of carbonyl (C=O) groups is 2. The number of hydrogen-bond acceptors (Lipinski definition) is 6. The van der Waals surface area contributed by atoms with Gasteiger partial charge in [0.05, 0.1) is 12.3 Å². The summed E-state index contributed by atoms with van der Waals surface area (Å²) in [6, 6.07) is 14.0. The van der Waals surface area contributed by atoms with Gasteiger partial charge in [0.1, 0.15) is 11.5 Å². The largest absolute Gasteiger partial charge is 0.513 e. The first kappa shape index (κ1) is 33.1. The third-order valence-corrected chi connectivity index (χ3v) is 6.76. The fraction of sp³-hybridized carbons (Fsp3) is 0.559. The fourth-order valence-electron chi connectivity index (χ4n) is 4.47. The number of unbranched alkanes of at least 4 members (excludes halogenated alkanes) is 15. The molecule has 2 rings (SSSR count). The molecule has 0 bridgehead atoms. The predicted octanol–water partition coefficient (Wildman–Crippen LogP) is 10.1. The molecule has 0 unspecified atom stereocenters. The first-order valence-corrected chi connectivity index (χ1v) is 15.3. The maximum atomic E-state index is 12.0. The molecule has 0 spiro atoms. The Labute approximate surface area is 241 Å². The lowest BCUT2D eigenvalue weighted by molar-refractivity contribution is -0.131. The van der Waals surface area contributed by atoms with Crippen LogP contribution < -0.4 is 9.47 Å². The smallest absolute Gasteiger partial charge is 0.434 e. The van der Waals surface area contributed by atoms with Crippen LogP contribution in [0.25, 0.3) is 0 Å². The molecule has 6 nitrogen and oxygen atoms in total. The van der Waals surface area contributed by atoms with Gasteiger partial charge in [-0.15, -0.1) is 0 Å². The highest BCUT2D eigenvalue weighted by atomic mass is 16.7. The molecule has 0 aromatic heterocycles. The van der Waals surface area contributed by atoms with Crippen molar-refractivity contribution in [3.8, 4) is 11.5 Å². The quantitative estimate of drug-likeness (QED) is 0.0507. The average Bonchev–Trinajstić information content (AvgIpc) is 2.95. The highest BCUT2D eigenvalue weighted by Gasteiger charge is 2.06. The van der Waals surface area contributed by atoms with Crippen molar-refractivity contribution in [2.75, 3.05) is 6.61 Å². The zero-order valence-corrected chi connectivity index (χ0v) is 24.7. The van der Waals surface area contributed by atoms with Crippen molar-refractivity contribution in [2.24, 2.45) is 4.99 Å². The Hall–Kier alpha value is -3.15. The Balaban J connectivity index is 1.45. The second kappa shape index (κ2) is 21.6. The second-order valence-electron chi connectivity index (χ2n) is 10.4. The first-order valence-electron chi connectivity index (χ1n) is 15.3. The van der Waals surface area contributed by atoms with Crippen molar-refractivity contribution in [3.63, 3.8) is 0 Å². The molecular formula is C34H49NO5. The van der Waals surface area contributed by atoms with Crippen molar-refractivity contribution in [3.05, 3.63) is 54.1 Å². The maximum absolute atomic E-state index is 12.0. The Morgan fingerprint density at radius 1 is 0.625 bits per heavy atom. The van der Waals surface area contributed by atoms with Crippen LogP contribution in [0.4, 0.5) is 10.5 Å². The van der Waals surface area contributed by atoms with Gasteiger partial charge in [0, 0.05) is 13.1 Å². The molecule has 0 aliphatic rings. The van der Waals surface area contributed by atoms with E-state index < -0.39 is 6.16 Å². The van der Waals surface area contributed by atoms with Crippen LogP contribution in [-0.2, 0) is 9.53 Å². The van der Waals surface area contributed by atoms with E-state index in [9.17, 15) is 9.59 Å². The van der Waals surface area contributed by atoms with E-state index in [0.717, 1.165) is 24.1 Å². The van der Waals surface area contributed by atoms with Gasteiger partial charge in [-0.1, -0.05) is 103 Å². The highest BCUT2D eigenvalue weighted by molar-refractivity contribution is 5.82. The summed E-state index contributed by atoms with van der Waals surface area (Å²) in [7, 11) is 0. The lowest BCUT2D eigenvalue weighted by Crippen LogP contribution is -2.11. The minimum Gasteiger partial charge on any atom is -0.434 e. The topological polar surface area (TPSA) is 74.2 Å². The van der Waals surface area contributed by atoms with Crippen molar-refractivity contribution in [1.29, 1.82) is 0 Å². The molecule has 0 saturated heterocycles. The van der Waals surface area contributed by atoms with Gasteiger partial charge >= 0.3 is 12.1 Å². The lowest BCUT2D eigenvalue weighted by Gasteiger charge is -2.06. The van der Waals surface area contributed by atoms with Crippen molar-refractivity contribution >= 4 is 24.0 Å². The van der Waals surface area contributed by atoms with Gasteiger partial charge in [-0.05, 0) is 60.5 Å². The van der Waals surface area contributed by atoms with Crippen LogP contribution in [0.1, 0.15) is 122 Å². The summed E-state index contributed by atoms with van der Waals surface area (Å²) in [6.45, 7) is 4.02. The molecule has 0 amide bonds. The first-order chi connectivity index (χ1) is 19.6. The number of aliphatic imine (C=N–C) groups is 1. The third-order valence-electron chi connectivity index (χ3n) is 6.76. The Kier molecular flexibility index (Phi) is 17.9. The molecule has 40 heavy (non-hydrogen) atoms. The molecule has 0 heterocycles. The van der Waals surface area contributed by atoms with Crippen LogP contribution in [0.2, 0.25) is 0 Å². The number of esters is 1. The zero-order valence-electron chi connectivity index (χ0n) is 24.7. The van der Waals surface area contributed by atoms with E-state index in [1.54, 1.807) is 42.6 Å². The summed E-state index contributed by atoms with van der Waals surface area (Å²) in [5, 5.41) is 0. The normalized spacial score (nSPS) is 11.1. The van der Waals surface area contributed by atoms with E-state index in [1.807, 2.05) is 12.1 Å². The zero-order chi connectivity index (χ0) is 28.7. The number of hydrogen-bond donors (Lipinski definition) is 0. The molecule has 0 radical (unpaired) electrons. The molecule has 0 aliphatic carbocycles. The lowest BCUT2D eigenvalue weighted by atomic mass is 10.0. The molecule has 2 aromatic rings. The summed E-state index contributed by atoms with van der Waals surface area (Å²) >= 11 is 0. The monoisotopic (exact) mass is 551 g/mol. The molecule has 0 saturated carbocycles. The van der Waals surface area contributed by atoms with Gasteiger partial charge in [0.25, 0.3) is 0 Å². The number of ether oxygens (including phenoxy) is 3. The predicted molar refractivity (Wildman–Crippen MR) is 163 cm³/mol. The third kappa shape index (κ3) is 16.7. The van der Waals surface area contributed by atoms with E-state index in [-0.39, 0.29) is 5.97 Å². The highest BCUT2D eigenvalue weighted by Crippen LogP contribution is 2.19. The molecule has 6 heteroatoms. The number of benzene rings is 2. The maximum Gasteiger partial charge on any atom is 0.513 e. The second-order valence-corrected chi connectivity index (χ2v) is 10.4. The van der Waals surface area contributed by atoms with Crippen molar-refractivity contribution in [1.82, 2.24) is 0 Å². The van der Waals surface area contributed by atoms with E-state index in [2.05, 4.69) is 11.9 Å². The van der Waals surface area contributed by atoms with Crippen LogP contribution in [0, 0.1) is 0 Å². The van der Waals surface area contributed by atoms with E-state index in [1.165, 1.54) is 96.8 Å². The Bertz CT molecular complexity index is 969. The van der Waals surface area contributed by atoms with Crippen molar-refractivity contribution in [2.45, 2.75) is 117 Å². The summed E-state index contributed by atoms with van der Waals surface area (Å²) in [6.07, 6.45) is 22.0. The van der Waals surface area contributed by atoms with Crippen LogP contribution in [-0.4, -0.2) is 24.9 Å². The van der Waals surface area contributed by atoms with E-state index in [0.29, 0.717) is 18.1 Å². The molecule has 0 aliphatic heterocycles. The Morgan fingerprint density at radius 3 is 1.57 bits per heavy atom. The summed E-state index contributed by atoms with van der Waals surface area (Å²) < 4.78 is 15.5. The SMILES string of the molecule is CCCCCCCCCCCCCCCCCCOC(=O)Oc1ccc(N=Cc2ccc(OC(C)=O)cc2)cc1. The minimum absolute atomic E-state index is 0.354. The molecule has 0 N–H and O–H groups in total. The minimum atomic E-state index is -0.676. The molecule has 0 atom stereocenters. The number of nitrogens with zero attached hydrogens (tertiary/aromatic N) is 1. The van der Waals surface area contributed by atoms with Crippen LogP contribution in [0.3, 0.4) is 0 Å². The average molecular weight is 552 g/mol. The molecule has 0 fully saturated rings. The molecule has 2 aromatic carbocycles. The van der Waals surface area contributed by atoms with Crippen LogP contribution >= 0.6 is 0 Å². The standard InChI is InChI=1S/C34H49NO5/c1-3-4-5-6-7-8-9-10-11-12-13-14-15-16-17-18-27-38-34(37)40-33-25-21-31(22-26-33)35-28-30-19-23-32(24-20-30)39-29(2)36/h19-26,28H,3-18,27H2,1-2H3. The summed E-state index contributed by atoms with van der Waals surface area (Å²) in [4.78, 5) is 27.4. The molecular weight excluding hydrogens is 502 g/mol. The molecule has 220 valence electrons. The van der Waals surface area contributed by atoms with Gasteiger partial charge < -0.3 is 14.2 Å². The van der Waals surface area contributed by atoms with Gasteiger partial charge in [-0.3, -0.25) is 9.79 Å². The fourth-order valence-corrected chi connectivity index (χ4v) is 4.47. The van der Waals surface area contributed by atoms with Crippen LogP contribution in [0.5, 0.6) is 11.5 Å². The van der Waals surface area contributed by atoms with Crippen molar-refractivity contribution < 1.29 is 23.8 Å².